The smallest absolute Gasteiger partial charge is 0.250 e. The molecule has 3 aliphatic rings. The predicted molar refractivity (Wildman–Crippen MR) is 176 cm³/mol. The average Bonchev–Trinajstić information content (AvgIpc) is 3.85. The Balaban J connectivity index is 1.31. The van der Waals surface area contributed by atoms with E-state index in [4.69, 9.17) is 18.6 Å². The molecular weight excluding hydrogens is 616 g/mol. The lowest BCUT2D eigenvalue weighted by atomic mass is 9.89. The van der Waals surface area contributed by atoms with Crippen LogP contribution >= 0.6 is 0 Å². The molecule has 0 amide bonds. The molecule has 0 radical (unpaired) electrons. The molecule has 2 aliphatic heterocycles. The Morgan fingerprint density at radius 2 is 1.87 bits per heavy atom. The molecule has 5 aromatic rings. The number of fused-ring (bicyclic) bond motifs is 3. The molecule has 1 saturated heterocycles. The van der Waals surface area contributed by atoms with Crippen molar-refractivity contribution in [2.24, 2.45) is 11.8 Å². The van der Waals surface area contributed by atoms with E-state index < -0.39 is 9.84 Å². The number of aromatic nitrogens is 5. The Labute approximate surface area is 273 Å². The lowest BCUT2D eigenvalue weighted by Gasteiger charge is -2.23. The number of furan rings is 1. The Hall–Kier alpha value is -4.16. The van der Waals surface area contributed by atoms with Gasteiger partial charge in [0.15, 0.2) is 21.2 Å². The highest BCUT2D eigenvalue weighted by molar-refractivity contribution is 7.92. The van der Waals surface area contributed by atoms with Gasteiger partial charge in [-0.2, -0.15) is 0 Å². The second-order valence-corrected chi connectivity index (χ2v) is 15.3. The van der Waals surface area contributed by atoms with E-state index in [-0.39, 0.29) is 34.4 Å². The van der Waals surface area contributed by atoms with Crippen LogP contribution in [0.2, 0.25) is 0 Å². The van der Waals surface area contributed by atoms with Crippen LogP contribution in [0.3, 0.4) is 0 Å². The van der Waals surface area contributed by atoms with Gasteiger partial charge in [-0.25, -0.2) is 13.4 Å². The van der Waals surface area contributed by atoms with E-state index in [2.05, 4.69) is 45.4 Å². The number of rotatable bonds is 8. The van der Waals surface area contributed by atoms with Gasteiger partial charge >= 0.3 is 0 Å². The Kier molecular flexibility index (Phi) is 7.59. The number of sulfone groups is 1. The van der Waals surface area contributed by atoms with Gasteiger partial charge in [-0.15, -0.1) is 10.2 Å². The van der Waals surface area contributed by atoms with Gasteiger partial charge in [-0.1, -0.05) is 19.9 Å². The highest BCUT2D eigenvalue weighted by Gasteiger charge is 2.43. The third-order valence-corrected chi connectivity index (χ3v) is 11.8. The second kappa shape index (κ2) is 11.8. The molecule has 12 heteroatoms. The van der Waals surface area contributed by atoms with Gasteiger partial charge < -0.3 is 18.9 Å². The van der Waals surface area contributed by atoms with Gasteiger partial charge in [0, 0.05) is 49.5 Å². The normalized spacial score (nSPS) is 20.6. The molecule has 0 spiro atoms. The van der Waals surface area contributed by atoms with Crippen LogP contribution in [0.25, 0.3) is 33.7 Å². The number of anilines is 1. The van der Waals surface area contributed by atoms with Crippen LogP contribution < -0.4 is 5.32 Å². The van der Waals surface area contributed by atoms with Crippen molar-refractivity contribution in [1.82, 2.24) is 25.1 Å². The summed E-state index contributed by atoms with van der Waals surface area (Å²) >= 11 is 0. The Morgan fingerprint density at radius 1 is 1.02 bits per heavy atom. The highest BCUT2D eigenvalue weighted by atomic mass is 32.2. The maximum absolute atomic E-state index is 14.1. The van der Waals surface area contributed by atoms with Gasteiger partial charge in [0.2, 0.25) is 11.8 Å². The SMILES string of the molecule is Cc1nnc(-c2c(CCC3CCOCC3)nc3c(c2-c2cc4ccnc(N[C@H]5CCc6ncccc65)c4o2)S(=O)(=O)C[C@H]3C(C)C)o1. The third kappa shape index (κ3) is 5.41. The molecule has 0 aromatic carbocycles. The maximum Gasteiger partial charge on any atom is 0.250 e. The number of aryl methyl sites for hydroxylation is 3. The zero-order valence-electron chi connectivity index (χ0n) is 26.8. The molecule has 0 saturated carbocycles. The van der Waals surface area contributed by atoms with Gasteiger partial charge in [-0.05, 0) is 74.1 Å². The summed E-state index contributed by atoms with van der Waals surface area (Å²) in [4.78, 5) is 14.6. The van der Waals surface area contributed by atoms with Gasteiger partial charge in [0.1, 0.15) is 10.7 Å². The number of hydrogen-bond donors (Lipinski definition) is 1. The number of pyridine rings is 3. The molecular formula is C35H38N6O5S. The number of nitrogens with one attached hydrogen (secondary N) is 1. The molecule has 2 atom stereocenters. The summed E-state index contributed by atoms with van der Waals surface area (Å²) in [6.07, 6.45) is 8.85. The second-order valence-electron chi connectivity index (χ2n) is 13.3. The molecule has 1 fully saturated rings. The number of ether oxygens (including phenoxy) is 1. The fourth-order valence-electron chi connectivity index (χ4n) is 7.45. The van der Waals surface area contributed by atoms with Crippen LogP contribution in [0.5, 0.6) is 0 Å². The summed E-state index contributed by atoms with van der Waals surface area (Å²) in [6.45, 7) is 7.34. The van der Waals surface area contributed by atoms with Crippen LogP contribution in [0.15, 0.2) is 50.4 Å². The van der Waals surface area contributed by atoms with E-state index in [9.17, 15) is 8.42 Å². The molecule has 244 valence electrons. The topological polar surface area (TPSA) is 146 Å². The molecule has 1 N–H and O–H groups in total. The van der Waals surface area contributed by atoms with Crippen molar-refractivity contribution in [3.63, 3.8) is 0 Å². The fraction of sp³-hybridized carbons (Fsp3) is 0.457. The van der Waals surface area contributed by atoms with E-state index in [1.54, 1.807) is 13.1 Å². The summed E-state index contributed by atoms with van der Waals surface area (Å²) < 4.78 is 46.5. The van der Waals surface area contributed by atoms with Crippen molar-refractivity contribution >= 4 is 26.6 Å². The maximum atomic E-state index is 14.1. The first kappa shape index (κ1) is 30.2. The lowest BCUT2D eigenvalue weighted by Crippen LogP contribution is -2.17. The van der Waals surface area contributed by atoms with Crippen molar-refractivity contribution < 1.29 is 22.0 Å². The zero-order valence-corrected chi connectivity index (χ0v) is 27.6. The summed E-state index contributed by atoms with van der Waals surface area (Å²) in [5.74, 6) is 1.95. The molecule has 11 nitrogen and oxygen atoms in total. The molecule has 1 aliphatic carbocycles. The minimum Gasteiger partial charge on any atom is -0.452 e. The largest absolute Gasteiger partial charge is 0.452 e. The van der Waals surface area contributed by atoms with Crippen molar-refractivity contribution in [3.05, 3.63) is 65.2 Å². The van der Waals surface area contributed by atoms with Crippen molar-refractivity contribution in [2.75, 3.05) is 24.3 Å². The van der Waals surface area contributed by atoms with E-state index in [0.29, 0.717) is 52.2 Å². The average molecular weight is 655 g/mol. The van der Waals surface area contributed by atoms with Gasteiger partial charge in [0.25, 0.3) is 0 Å². The number of hydrogen-bond acceptors (Lipinski definition) is 11. The van der Waals surface area contributed by atoms with E-state index in [1.165, 1.54) is 0 Å². The quantitative estimate of drug-likeness (QED) is 0.192. The summed E-state index contributed by atoms with van der Waals surface area (Å²) in [5, 5.41) is 12.9. The Morgan fingerprint density at radius 3 is 2.66 bits per heavy atom. The monoisotopic (exact) mass is 654 g/mol. The van der Waals surface area contributed by atoms with E-state index >= 15 is 0 Å². The summed E-state index contributed by atoms with van der Waals surface area (Å²) in [6, 6.07) is 7.86. The minimum atomic E-state index is -3.72. The Bertz CT molecular complexity index is 2080. The van der Waals surface area contributed by atoms with Gasteiger partial charge in [0.05, 0.1) is 34.3 Å². The van der Waals surface area contributed by atoms with Crippen molar-refractivity contribution in [3.8, 4) is 22.8 Å². The lowest BCUT2D eigenvalue weighted by molar-refractivity contribution is 0.0639. The van der Waals surface area contributed by atoms with E-state index in [1.807, 2.05) is 24.4 Å². The molecule has 8 rings (SSSR count). The standard InChI is InChI=1S/C35H38N6O5S/c1-19(2)24-18-47(42,43)33-30(29(35-41-40-20(3)45-35)27(38-31(24)33)7-6-21-11-15-44-16-12-21)28-17-22-10-14-37-34(32(22)46-28)39-26-9-8-25-23(26)5-4-13-36-25/h4-5,10,13-14,17,19,21,24,26H,6-9,11-12,15-16,18H2,1-3H3,(H,37,39)/t24-,26-/m0/s1. The first-order chi connectivity index (χ1) is 22.8. The molecule has 5 aromatic heterocycles. The van der Waals surface area contributed by atoms with Crippen LogP contribution in [-0.4, -0.2) is 52.5 Å². The molecule has 0 bridgehead atoms. The first-order valence-electron chi connectivity index (χ1n) is 16.5. The number of nitrogens with zero attached hydrogens (tertiary/aromatic N) is 5. The highest BCUT2D eigenvalue weighted by Crippen LogP contribution is 2.49. The predicted octanol–water partition coefficient (Wildman–Crippen LogP) is 6.63. The van der Waals surface area contributed by atoms with Gasteiger partial charge in [-0.3, -0.25) is 9.97 Å². The minimum absolute atomic E-state index is 0.00453. The van der Waals surface area contributed by atoms with Crippen LogP contribution in [-0.2, 0) is 27.4 Å². The van der Waals surface area contributed by atoms with Crippen molar-refractivity contribution in [2.45, 2.75) is 76.2 Å². The molecule has 47 heavy (non-hydrogen) atoms. The molecule has 0 unspecified atom stereocenters. The summed E-state index contributed by atoms with van der Waals surface area (Å²) in [7, 11) is -3.72. The third-order valence-electron chi connectivity index (χ3n) is 9.95. The first-order valence-corrected chi connectivity index (χ1v) is 18.2. The fourth-order valence-corrected chi connectivity index (χ4v) is 9.66. The summed E-state index contributed by atoms with van der Waals surface area (Å²) in [5.41, 5.74) is 5.12. The van der Waals surface area contributed by atoms with Crippen LogP contribution in [0.4, 0.5) is 5.82 Å². The molecule has 7 heterocycles. The van der Waals surface area contributed by atoms with Crippen LogP contribution in [0, 0.1) is 18.8 Å². The zero-order chi connectivity index (χ0) is 32.3. The van der Waals surface area contributed by atoms with Crippen molar-refractivity contribution in [1.29, 1.82) is 0 Å². The van der Waals surface area contributed by atoms with E-state index in [0.717, 1.165) is 67.7 Å². The van der Waals surface area contributed by atoms with Crippen LogP contribution in [0.1, 0.15) is 80.0 Å².